The first-order chi connectivity index (χ1) is 11.3. The zero-order chi connectivity index (χ0) is 17.9. The van der Waals surface area contributed by atoms with E-state index in [1.54, 1.807) is 0 Å². The van der Waals surface area contributed by atoms with Crippen LogP contribution in [0.3, 0.4) is 0 Å². The number of amides is 1. The van der Waals surface area contributed by atoms with Crippen molar-refractivity contribution in [3.8, 4) is 0 Å². The molecule has 0 spiro atoms. The van der Waals surface area contributed by atoms with Crippen molar-refractivity contribution >= 4 is 5.91 Å². The SMILES string of the molecule is CC.CC.CC.O=C(CN1CCNCC1)NCC1CCNCC1.[HH]. The third kappa shape index (κ3) is 13.5. The molecule has 2 aliphatic rings. The summed E-state index contributed by atoms with van der Waals surface area (Å²) in [5.41, 5.74) is 0. The second-order valence-electron chi connectivity index (χ2n) is 5.02. The Labute approximate surface area is 146 Å². The van der Waals surface area contributed by atoms with E-state index in [4.69, 9.17) is 0 Å². The Morgan fingerprint density at radius 2 is 1.43 bits per heavy atom. The highest BCUT2D eigenvalue weighted by molar-refractivity contribution is 5.78. The van der Waals surface area contributed by atoms with Crippen LogP contribution in [0.15, 0.2) is 0 Å². The predicted molar refractivity (Wildman–Crippen MR) is 104 cm³/mol. The molecule has 0 atom stereocenters. The van der Waals surface area contributed by atoms with Crippen LogP contribution in [0.2, 0.25) is 0 Å². The van der Waals surface area contributed by atoms with Gasteiger partial charge in [-0.3, -0.25) is 9.69 Å². The molecule has 0 aliphatic carbocycles. The summed E-state index contributed by atoms with van der Waals surface area (Å²) in [5.74, 6) is 0.855. The Balaban J connectivity index is -0.000000569. The van der Waals surface area contributed by atoms with Crippen molar-refractivity contribution in [2.45, 2.75) is 54.4 Å². The van der Waals surface area contributed by atoms with Gasteiger partial charge in [0.05, 0.1) is 6.54 Å². The van der Waals surface area contributed by atoms with E-state index in [9.17, 15) is 4.79 Å². The van der Waals surface area contributed by atoms with Crippen molar-refractivity contribution in [1.82, 2.24) is 20.9 Å². The first kappa shape index (κ1) is 24.6. The second-order valence-corrected chi connectivity index (χ2v) is 5.02. The number of piperidine rings is 1. The molecule has 0 unspecified atom stereocenters. The van der Waals surface area contributed by atoms with Gasteiger partial charge < -0.3 is 16.0 Å². The lowest BCUT2D eigenvalue weighted by molar-refractivity contribution is -0.122. The van der Waals surface area contributed by atoms with Crippen LogP contribution in [0, 0.1) is 5.92 Å². The summed E-state index contributed by atoms with van der Waals surface area (Å²) < 4.78 is 0. The highest BCUT2D eigenvalue weighted by Gasteiger charge is 2.16. The molecule has 2 saturated heterocycles. The number of carbonyl (C=O) groups is 1. The van der Waals surface area contributed by atoms with Crippen LogP contribution in [0.4, 0.5) is 0 Å². The van der Waals surface area contributed by atoms with Crippen LogP contribution in [-0.4, -0.2) is 63.2 Å². The third-order valence-corrected chi connectivity index (χ3v) is 3.62. The zero-order valence-corrected chi connectivity index (χ0v) is 16.5. The number of carbonyl (C=O) groups excluding carboxylic acids is 1. The lowest BCUT2D eigenvalue weighted by atomic mass is 9.98. The lowest BCUT2D eigenvalue weighted by Gasteiger charge is -2.27. The quantitative estimate of drug-likeness (QED) is 0.739. The van der Waals surface area contributed by atoms with E-state index in [0.29, 0.717) is 12.5 Å². The molecule has 5 heteroatoms. The van der Waals surface area contributed by atoms with Gasteiger partial charge >= 0.3 is 0 Å². The van der Waals surface area contributed by atoms with E-state index in [1.165, 1.54) is 12.8 Å². The van der Waals surface area contributed by atoms with E-state index in [-0.39, 0.29) is 7.33 Å². The van der Waals surface area contributed by atoms with Gasteiger partial charge in [-0.05, 0) is 31.8 Å². The number of nitrogens with zero attached hydrogens (tertiary/aromatic N) is 1. The highest BCUT2D eigenvalue weighted by Crippen LogP contribution is 2.09. The van der Waals surface area contributed by atoms with Gasteiger partial charge in [-0.15, -0.1) is 0 Å². The summed E-state index contributed by atoms with van der Waals surface area (Å²) in [6, 6.07) is 0. The second kappa shape index (κ2) is 19.4. The van der Waals surface area contributed by atoms with Crippen LogP contribution in [0.1, 0.15) is 55.8 Å². The number of rotatable bonds is 4. The summed E-state index contributed by atoms with van der Waals surface area (Å²) in [5, 5.41) is 9.70. The largest absolute Gasteiger partial charge is 0.355 e. The van der Waals surface area contributed by atoms with Crippen LogP contribution in [0.5, 0.6) is 0 Å². The van der Waals surface area contributed by atoms with E-state index in [0.717, 1.165) is 45.8 Å². The van der Waals surface area contributed by atoms with E-state index < -0.39 is 0 Å². The lowest BCUT2D eigenvalue weighted by Crippen LogP contribution is -2.48. The summed E-state index contributed by atoms with van der Waals surface area (Å²) in [7, 11) is 0. The highest BCUT2D eigenvalue weighted by atomic mass is 16.2. The Morgan fingerprint density at radius 3 is 1.96 bits per heavy atom. The molecular weight excluding hydrogens is 288 g/mol. The molecule has 1 amide bonds. The minimum Gasteiger partial charge on any atom is -0.355 e. The molecule has 2 rings (SSSR count). The van der Waals surface area contributed by atoms with Crippen molar-refractivity contribution in [2.75, 3.05) is 52.4 Å². The first-order valence-electron chi connectivity index (χ1n) is 9.75. The topological polar surface area (TPSA) is 56.4 Å². The molecule has 2 fully saturated rings. The molecule has 0 radical (unpaired) electrons. The molecule has 0 saturated carbocycles. The summed E-state index contributed by atoms with van der Waals surface area (Å²) in [6.45, 7) is 19.6. The number of hydrogen-bond donors (Lipinski definition) is 3. The maximum atomic E-state index is 11.8. The van der Waals surface area contributed by atoms with Crippen LogP contribution in [-0.2, 0) is 4.79 Å². The maximum Gasteiger partial charge on any atom is 0.234 e. The standard InChI is InChI=1S/C12H24N4O.3C2H6.H2/c17-12(10-16-7-5-14-6-8-16)15-9-11-1-3-13-4-2-11;3*1-2;/h11,13-14H,1-10H2,(H,15,17);3*1-2H3;1H. The first-order valence-corrected chi connectivity index (χ1v) is 9.75. The van der Waals surface area contributed by atoms with Gasteiger partial charge in [0, 0.05) is 34.2 Å². The molecule has 0 aromatic heterocycles. The van der Waals surface area contributed by atoms with Gasteiger partial charge in [0.25, 0.3) is 0 Å². The molecule has 0 bridgehead atoms. The summed E-state index contributed by atoms with van der Waals surface area (Å²) in [6.07, 6.45) is 2.38. The van der Waals surface area contributed by atoms with Gasteiger partial charge in [-0.25, -0.2) is 0 Å². The van der Waals surface area contributed by atoms with Gasteiger partial charge in [0.2, 0.25) is 5.91 Å². The molecule has 2 heterocycles. The van der Waals surface area contributed by atoms with Gasteiger partial charge in [0.1, 0.15) is 0 Å². The predicted octanol–water partition coefficient (Wildman–Crippen LogP) is 2.33. The molecule has 23 heavy (non-hydrogen) atoms. The average Bonchev–Trinajstić information content (AvgIpc) is 2.67. The van der Waals surface area contributed by atoms with Crippen molar-refractivity contribution in [3.63, 3.8) is 0 Å². The van der Waals surface area contributed by atoms with Crippen molar-refractivity contribution in [3.05, 3.63) is 0 Å². The number of hydrogen-bond acceptors (Lipinski definition) is 4. The Hall–Kier alpha value is -0.650. The molecule has 0 aromatic rings. The smallest absolute Gasteiger partial charge is 0.234 e. The Bertz CT molecular complexity index is 243. The van der Waals surface area contributed by atoms with Crippen LogP contribution >= 0.6 is 0 Å². The minimum absolute atomic E-state index is 0. The van der Waals surface area contributed by atoms with Crippen molar-refractivity contribution in [2.24, 2.45) is 5.92 Å². The Kier molecular flexibility index (Phi) is 20.7. The molecule has 0 aromatic carbocycles. The summed E-state index contributed by atoms with van der Waals surface area (Å²) >= 11 is 0. The van der Waals surface area contributed by atoms with Crippen LogP contribution in [0.25, 0.3) is 0 Å². The zero-order valence-electron chi connectivity index (χ0n) is 16.5. The molecule has 5 nitrogen and oxygen atoms in total. The number of piperazine rings is 1. The molecule has 2 aliphatic heterocycles. The molecular formula is C18H44N4O. The van der Waals surface area contributed by atoms with Gasteiger partial charge in [0.15, 0.2) is 0 Å². The molecule has 3 N–H and O–H groups in total. The van der Waals surface area contributed by atoms with E-state index in [1.807, 2.05) is 41.5 Å². The Morgan fingerprint density at radius 1 is 0.957 bits per heavy atom. The number of nitrogens with one attached hydrogen (secondary N) is 3. The molecule has 142 valence electrons. The van der Waals surface area contributed by atoms with Gasteiger partial charge in [-0.2, -0.15) is 0 Å². The van der Waals surface area contributed by atoms with Gasteiger partial charge in [-0.1, -0.05) is 41.5 Å². The maximum absolute atomic E-state index is 11.8. The van der Waals surface area contributed by atoms with Crippen molar-refractivity contribution in [1.29, 1.82) is 0 Å². The fraction of sp³-hybridized carbons (Fsp3) is 0.944. The average molecular weight is 333 g/mol. The minimum atomic E-state index is 0. The summed E-state index contributed by atoms with van der Waals surface area (Å²) in [4.78, 5) is 14.0. The van der Waals surface area contributed by atoms with E-state index >= 15 is 0 Å². The monoisotopic (exact) mass is 332 g/mol. The fourth-order valence-corrected chi connectivity index (χ4v) is 2.47. The fourth-order valence-electron chi connectivity index (χ4n) is 2.47. The van der Waals surface area contributed by atoms with Crippen LogP contribution < -0.4 is 16.0 Å². The van der Waals surface area contributed by atoms with E-state index in [2.05, 4.69) is 20.9 Å². The third-order valence-electron chi connectivity index (χ3n) is 3.62. The van der Waals surface area contributed by atoms with Crippen molar-refractivity contribution < 1.29 is 6.22 Å². The normalized spacial score (nSPS) is 18.2.